The Morgan fingerprint density at radius 3 is 1.98 bits per heavy atom. The Morgan fingerprint density at radius 1 is 0.905 bits per heavy atom. The minimum absolute atomic E-state index is 0.733. The van der Waals surface area contributed by atoms with Gasteiger partial charge < -0.3 is 15.2 Å². The van der Waals surface area contributed by atoms with E-state index in [9.17, 15) is 0 Å². The molecule has 2 N–H and O–H groups in total. The first-order valence-corrected chi connectivity index (χ1v) is 15.3. The first kappa shape index (κ1) is 38.6. The van der Waals surface area contributed by atoms with E-state index in [2.05, 4.69) is 70.4 Å². The molecule has 3 rings (SSSR count). The third-order valence-corrected chi connectivity index (χ3v) is 6.95. The monoisotopic (exact) mass is 578 g/mol. The van der Waals surface area contributed by atoms with Gasteiger partial charge in [-0.2, -0.15) is 0 Å². The number of rotatable bonds is 9. The molecule has 0 aliphatic heterocycles. The van der Waals surface area contributed by atoms with Crippen LogP contribution in [0.3, 0.4) is 0 Å². The fourth-order valence-electron chi connectivity index (χ4n) is 3.60. The molecule has 0 spiro atoms. The normalized spacial score (nSPS) is 11.0. The molecule has 234 valence electrons. The van der Waals surface area contributed by atoms with Crippen molar-refractivity contribution in [2.45, 2.75) is 94.4 Å². The van der Waals surface area contributed by atoms with Crippen LogP contribution < -0.4 is 15.2 Å². The average molecular weight is 579 g/mol. The van der Waals surface area contributed by atoms with Gasteiger partial charge in [-0.25, -0.2) is 4.98 Å². The third-order valence-electron chi connectivity index (χ3n) is 6.95. The zero-order chi connectivity index (χ0) is 32.1. The van der Waals surface area contributed by atoms with Gasteiger partial charge in [0.1, 0.15) is 11.5 Å². The van der Waals surface area contributed by atoms with Crippen LogP contribution in [0.25, 0.3) is 16.6 Å². The maximum atomic E-state index is 5.54. The lowest BCUT2D eigenvalue weighted by Gasteiger charge is -2.11. The van der Waals surface area contributed by atoms with Crippen molar-refractivity contribution < 1.29 is 9.47 Å². The molecular formula is C36H58N4O2. The number of benzene rings is 2. The van der Waals surface area contributed by atoms with Crippen LogP contribution in [-0.2, 0) is 6.42 Å². The summed E-state index contributed by atoms with van der Waals surface area (Å²) in [7, 11) is 5.05. The number of allylic oxidation sites excluding steroid dienone is 1. The fraction of sp³-hybridized carbons (Fsp3) is 0.528. The number of nitrogens with zero attached hydrogens (tertiary/aromatic N) is 3. The second-order valence-electron chi connectivity index (χ2n) is 10.9. The largest absolute Gasteiger partial charge is 0.497 e. The summed E-state index contributed by atoms with van der Waals surface area (Å²) in [6, 6.07) is 9.93. The zero-order valence-corrected chi connectivity index (χ0v) is 28.5. The molecule has 0 aliphatic carbocycles. The van der Waals surface area contributed by atoms with Crippen molar-refractivity contribution in [2.75, 3.05) is 21.3 Å². The van der Waals surface area contributed by atoms with Crippen molar-refractivity contribution in [1.82, 2.24) is 9.97 Å². The SMILES string of the molecule is CC(C)C(C)C.CCCCCC.CCc1c(C)cc(OC)cc1OC.CN=C/C(=C\N)c1cnc2ccc(C)cc2n1. The van der Waals surface area contributed by atoms with E-state index in [4.69, 9.17) is 15.2 Å². The predicted molar refractivity (Wildman–Crippen MR) is 184 cm³/mol. The van der Waals surface area contributed by atoms with Crippen LogP contribution in [0.2, 0.25) is 0 Å². The Labute approximate surface area is 256 Å². The summed E-state index contributed by atoms with van der Waals surface area (Å²) in [5.74, 6) is 3.47. The Bertz CT molecular complexity index is 1210. The van der Waals surface area contributed by atoms with Gasteiger partial charge in [0, 0.05) is 31.1 Å². The summed E-state index contributed by atoms with van der Waals surface area (Å²) in [6.07, 6.45) is 11.4. The van der Waals surface area contributed by atoms with E-state index in [1.54, 1.807) is 33.7 Å². The van der Waals surface area contributed by atoms with Gasteiger partial charge in [0.15, 0.2) is 0 Å². The predicted octanol–water partition coefficient (Wildman–Crippen LogP) is 9.40. The molecule has 0 aliphatic rings. The number of hydrogen-bond donors (Lipinski definition) is 1. The minimum Gasteiger partial charge on any atom is -0.497 e. The van der Waals surface area contributed by atoms with Gasteiger partial charge in [0.2, 0.25) is 0 Å². The van der Waals surface area contributed by atoms with Crippen molar-refractivity contribution in [2.24, 2.45) is 22.6 Å². The van der Waals surface area contributed by atoms with E-state index in [0.29, 0.717) is 0 Å². The van der Waals surface area contributed by atoms with Crippen LogP contribution >= 0.6 is 0 Å². The number of unbranched alkanes of at least 4 members (excludes halogenated alkanes) is 3. The Balaban J connectivity index is 0.000000593. The summed E-state index contributed by atoms with van der Waals surface area (Å²) >= 11 is 0. The Kier molecular flexibility index (Phi) is 20.4. The highest BCUT2D eigenvalue weighted by atomic mass is 16.5. The third kappa shape index (κ3) is 14.5. The summed E-state index contributed by atoms with van der Waals surface area (Å²) < 4.78 is 10.4. The van der Waals surface area contributed by atoms with E-state index >= 15 is 0 Å². The van der Waals surface area contributed by atoms with E-state index in [1.807, 2.05) is 37.3 Å². The summed E-state index contributed by atoms with van der Waals surface area (Å²) in [5.41, 5.74) is 12.4. The van der Waals surface area contributed by atoms with E-state index in [-0.39, 0.29) is 0 Å². The van der Waals surface area contributed by atoms with Gasteiger partial charge >= 0.3 is 0 Å². The molecule has 0 bridgehead atoms. The molecule has 6 nitrogen and oxygen atoms in total. The number of aryl methyl sites for hydroxylation is 2. The number of methoxy groups -OCH3 is 2. The number of nitrogens with two attached hydrogens (primary N) is 1. The number of aliphatic imine (C=N–C) groups is 1. The summed E-state index contributed by atoms with van der Waals surface area (Å²) in [5, 5.41) is 0. The molecule has 3 aromatic rings. The van der Waals surface area contributed by atoms with Crippen LogP contribution in [0.5, 0.6) is 11.5 Å². The van der Waals surface area contributed by atoms with Crippen LogP contribution in [0.15, 0.2) is 47.7 Å². The molecule has 0 fully saturated rings. The summed E-state index contributed by atoms with van der Waals surface area (Å²) in [6.45, 7) is 19.7. The quantitative estimate of drug-likeness (QED) is 0.202. The van der Waals surface area contributed by atoms with Gasteiger partial charge in [-0.05, 0) is 67.0 Å². The van der Waals surface area contributed by atoms with Gasteiger partial charge in [0.25, 0.3) is 0 Å². The fourth-order valence-corrected chi connectivity index (χ4v) is 3.60. The van der Waals surface area contributed by atoms with Crippen molar-refractivity contribution in [3.05, 3.63) is 65.1 Å². The van der Waals surface area contributed by atoms with Crippen molar-refractivity contribution in [3.63, 3.8) is 0 Å². The standard InChI is InChI=1S/C13H14N4.C11H16O2.2C6H14/c1-9-3-4-11-12(5-9)17-13(8-16-11)10(6-14)7-15-2;1-5-10-8(2)6-9(12-3)7-11(10)13-4;1-5(2)6(3)4;1-3-5-6-4-2/h3-8H,14H2,1-2H3;6-7H,5H2,1-4H3;5-6H,1-4H3;3-6H2,1-2H3/b10-6+,15-7?;;;. The van der Waals surface area contributed by atoms with Crippen LogP contribution in [0.4, 0.5) is 0 Å². The van der Waals surface area contributed by atoms with Crippen LogP contribution in [0, 0.1) is 25.7 Å². The minimum atomic E-state index is 0.733. The number of fused-ring (bicyclic) bond motifs is 1. The molecule has 0 atom stereocenters. The topological polar surface area (TPSA) is 82.6 Å². The first-order chi connectivity index (χ1) is 20.0. The van der Waals surface area contributed by atoms with Crippen molar-refractivity contribution >= 4 is 22.8 Å². The maximum Gasteiger partial charge on any atom is 0.125 e. The van der Waals surface area contributed by atoms with Crippen molar-refractivity contribution in [3.8, 4) is 11.5 Å². The molecule has 1 aromatic heterocycles. The first-order valence-electron chi connectivity index (χ1n) is 15.3. The lowest BCUT2D eigenvalue weighted by molar-refractivity contribution is 0.390. The zero-order valence-electron chi connectivity index (χ0n) is 28.5. The van der Waals surface area contributed by atoms with Crippen LogP contribution in [-0.4, -0.2) is 37.4 Å². The smallest absolute Gasteiger partial charge is 0.125 e. The molecule has 0 amide bonds. The molecule has 0 saturated heterocycles. The lowest BCUT2D eigenvalue weighted by Crippen LogP contribution is -1.96. The highest BCUT2D eigenvalue weighted by molar-refractivity contribution is 6.09. The molecule has 1 heterocycles. The molecule has 42 heavy (non-hydrogen) atoms. The second-order valence-corrected chi connectivity index (χ2v) is 10.9. The highest BCUT2D eigenvalue weighted by Gasteiger charge is 2.07. The molecule has 6 heteroatoms. The van der Waals surface area contributed by atoms with Gasteiger partial charge in [-0.15, -0.1) is 0 Å². The number of hydrogen-bond acceptors (Lipinski definition) is 6. The van der Waals surface area contributed by atoms with Gasteiger partial charge in [-0.1, -0.05) is 80.2 Å². The van der Waals surface area contributed by atoms with Gasteiger partial charge in [0.05, 0.1) is 37.1 Å². The number of aromatic nitrogens is 2. The maximum absolute atomic E-state index is 5.54. The van der Waals surface area contributed by atoms with Gasteiger partial charge in [-0.3, -0.25) is 9.98 Å². The van der Waals surface area contributed by atoms with E-state index in [1.165, 1.54) is 43.0 Å². The molecule has 0 saturated carbocycles. The van der Waals surface area contributed by atoms with Crippen molar-refractivity contribution in [1.29, 1.82) is 0 Å². The highest BCUT2D eigenvalue weighted by Crippen LogP contribution is 2.28. The Morgan fingerprint density at radius 2 is 1.52 bits per heavy atom. The average Bonchev–Trinajstić information content (AvgIpc) is 2.98. The summed E-state index contributed by atoms with van der Waals surface area (Å²) in [4.78, 5) is 12.8. The molecule has 0 radical (unpaired) electrons. The molecule has 0 unspecified atom stereocenters. The van der Waals surface area contributed by atoms with Crippen LogP contribution in [0.1, 0.15) is 96.5 Å². The lowest BCUT2D eigenvalue weighted by atomic mass is 10.0. The van der Waals surface area contributed by atoms with E-state index in [0.717, 1.165) is 57.6 Å². The van der Waals surface area contributed by atoms with E-state index < -0.39 is 0 Å². The Hall–Kier alpha value is -3.41. The molecule has 2 aromatic carbocycles. The molecular weight excluding hydrogens is 520 g/mol. The number of ether oxygens (including phenoxy) is 2. The second kappa shape index (κ2) is 22.2.